The minimum absolute atomic E-state index is 0.0329. The van der Waals surface area contributed by atoms with Gasteiger partial charge in [-0.2, -0.15) is 9.40 Å². The van der Waals surface area contributed by atoms with Crippen molar-refractivity contribution in [2.24, 2.45) is 12.8 Å². The van der Waals surface area contributed by atoms with Gasteiger partial charge in [-0.1, -0.05) is 20.3 Å². The topological polar surface area (TPSA) is 153 Å². The van der Waals surface area contributed by atoms with E-state index in [-0.39, 0.29) is 34.3 Å². The number of ether oxygens (including phenoxy) is 1. The molecular formula is C22H33N7O5S. The zero-order chi connectivity index (χ0) is 25.8. The van der Waals surface area contributed by atoms with Crippen molar-refractivity contribution in [1.82, 2.24) is 24.0 Å². The van der Waals surface area contributed by atoms with Crippen LogP contribution >= 0.6 is 0 Å². The Morgan fingerprint density at radius 1 is 1.17 bits per heavy atom. The van der Waals surface area contributed by atoms with Gasteiger partial charge in [0, 0.05) is 33.2 Å². The molecule has 1 saturated heterocycles. The van der Waals surface area contributed by atoms with Crippen molar-refractivity contribution in [2.45, 2.75) is 38.5 Å². The van der Waals surface area contributed by atoms with Crippen molar-refractivity contribution in [3.63, 3.8) is 0 Å². The van der Waals surface area contributed by atoms with Crippen LogP contribution < -0.4 is 15.8 Å². The molecule has 3 N–H and O–H groups in total. The second-order valence-corrected chi connectivity index (χ2v) is 10.1. The van der Waals surface area contributed by atoms with E-state index in [9.17, 15) is 18.0 Å². The zero-order valence-corrected chi connectivity index (χ0v) is 21.4. The molecule has 35 heavy (non-hydrogen) atoms. The molecule has 0 aliphatic carbocycles. The Balaban J connectivity index is 1.97. The smallest absolute Gasteiger partial charge is 0.267 e. The Labute approximate surface area is 205 Å². The molecule has 1 aliphatic rings. The van der Waals surface area contributed by atoms with Crippen molar-refractivity contribution in [2.75, 3.05) is 44.6 Å². The molecule has 0 saturated carbocycles. The Morgan fingerprint density at radius 2 is 1.86 bits per heavy atom. The van der Waals surface area contributed by atoms with Gasteiger partial charge in [0.1, 0.15) is 16.3 Å². The number of nitrogens with two attached hydrogens (primary N) is 1. The molecule has 1 aliphatic heterocycles. The summed E-state index contributed by atoms with van der Waals surface area (Å²) in [4.78, 5) is 31.6. The van der Waals surface area contributed by atoms with Crippen LogP contribution in [-0.2, 0) is 23.5 Å². The number of carbonyl (C=O) groups excluding carboxylic acids is 2. The van der Waals surface area contributed by atoms with Gasteiger partial charge in [-0.15, -0.1) is 0 Å². The quantitative estimate of drug-likeness (QED) is 0.480. The highest BCUT2D eigenvalue weighted by Gasteiger charge is 2.30. The molecule has 13 heteroatoms. The van der Waals surface area contributed by atoms with Crippen LogP contribution in [0.2, 0.25) is 0 Å². The molecule has 2 amide bonds. The van der Waals surface area contributed by atoms with Gasteiger partial charge in [-0.3, -0.25) is 14.3 Å². The van der Waals surface area contributed by atoms with Gasteiger partial charge in [0.15, 0.2) is 0 Å². The summed E-state index contributed by atoms with van der Waals surface area (Å²) in [6.07, 6.45) is 2.38. The summed E-state index contributed by atoms with van der Waals surface area (Å²) in [5.41, 5.74) is 6.03. The maximum Gasteiger partial charge on any atom is 0.267 e. The van der Waals surface area contributed by atoms with E-state index in [1.54, 1.807) is 6.92 Å². The molecule has 0 bridgehead atoms. The number of sulfonamides is 1. The number of nitrogens with zero attached hydrogens (tertiary/aromatic N) is 5. The normalized spacial score (nSPS) is 15.2. The predicted molar refractivity (Wildman–Crippen MR) is 130 cm³/mol. The van der Waals surface area contributed by atoms with Gasteiger partial charge in [0.25, 0.3) is 11.8 Å². The molecule has 0 unspecified atom stereocenters. The first-order valence-electron chi connectivity index (χ1n) is 11.7. The molecule has 0 atom stereocenters. The lowest BCUT2D eigenvalue weighted by molar-refractivity contribution is 0.0970. The van der Waals surface area contributed by atoms with Crippen LogP contribution in [0, 0.1) is 0 Å². The van der Waals surface area contributed by atoms with Crippen LogP contribution in [0.3, 0.4) is 0 Å². The highest BCUT2D eigenvalue weighted by atomic mass is 32.2. The van der Waals surface area contributed by atoms with E-state index in [2.05, 4.69) is 20.3 Å². The van der Waals surface area contributed by atoms with E-state index in [0.717, 1.165) is 6.54 Å². The number of anilines is 1. The average molecular weight is 508 g/mol. The van der Waals surface area contributed by atoms with Crippen LogP contribution in [0.1, 0.15) is 53.7 Å². The largest absolute Gasteiger partial charge is 0.476 e. The number of hydrogen-bond acceptors (Lipinski definition) is 8. The van der Waals surface area contributed by atoms with E-state index in [4.69, 9.17) is 10.5 Å². The molecule has 3 rings (SSSR count). The molecule has 1 fully saturated rings. The molecule has 192 valence electrons. The summed E-state index contributed by atoms with van der Waals surface area (Å²) < 4.78 is 34.8. The summed E-state index contributed by atoms with van der Waals surface area (Å²) in [7, 11) is -2.30. The first kappa shape index (κ1) is 26.6. The lowest BCUT2D eigenvalue weighted by atomic mass is 10.1. The van der Waals surface area contributed by atoms with Gasteiger partial charge >= 0.3 is 0 Å². The van der Waals surface area contributed by atoms with Gasteiger partial charge in [-0.05, 0) is 26.0 Å². The molecule has 2 aromatic heterocycles. The van der Waals surface area contributed by atoms with E-state index in [1.165, 1.54) is 28.3 Å². The summed E-state index contributed by atoms with van der Waals surface area (Å²) in [6.45, 7) is 8.82. The molecule has 0 radical (unpaired) electrons. The average Bonchev–Trinajstić information content (AvgIpc) is 3.16. The summed E-state index contributed by atoms with van der Waals surface area (Å²) in [5, 5.41) is 6.95. The number of carbonyl (C=O) groups is 2. The summed E-state index contributed by atoms with van der Waals surface area (Å²) in [6, 6.07) is 1.33. The van der Waals surface area contributed by atoms with Crippen molar-refractivity contribution in [3.8, 4) is 5.88 Å². The number of likely N-dealkylation sites (N-methyl/N-ethyl adjacent to an activating group) is 1. The Morgan fingerprint density at radius 3 is 2.43 bits per heavy atom. The number of pyridine rings is 1. The number of aromatic nitrogens is 3. The maximum absolute atomic E-state index is 13.3. The van der Waals surface area contributed by atoms with E-state index in [0.29, 0.717) is 44.7 Å². The third kappa shape index (κ3) is 5.63. The van der Waals surface area contributed by atoms with Crippen molar-refractivity contribution in [1.29, 1.82) is 0 Å². The first-order valence-corrected chi connectivity index (χ1v) is 13.1. The zero-order valence-electron chi connectivity index (χ0n) is 20.6. The second kappa shape index (κ2) is 11.1. The third-order valence-electron chi connectivity index (χ3n) is 5.84. The van der Waals surface area contributed by atoms with E-state index in [1.807, 2.05) is 13.8 Å². The van der Waals surface area contributed by atoms with Gasteiger partial charge in [0.2, 0.25) is 15.9 Å². The minimum Gasteiger partial charge on any atom is -0.476 e. The van der Waals surface area contributed by atoms with Crippen LogP contribution in [0.5, 0.6) is 5.88 Å². The summed E-state index contributed by atoms with van der Waals surface area (Å²) >= 11 is 0. The fourth-order valence-corrected chi connectivity index (χ4v) is 5.44. The van der Waals surface area contributed by atoms with Gasteiger partial charge < -0.3 is 20.7 Å². The lowest BCUT2D eigenvalue weighted by Gasteiger charge is -2.33. The molecule has 2 aromatic rings. The van der Waals surface area contributed by atoms with Gasteiger partial charge in [0.05, 0.1) is 24.1 Å². The fraction of sp³-hybridized carbons (Fsp3) is 0.545. The molecule has 3 heterocycles. The predicted octanol–water partition coefficient (Wildman–Crippen LogP) is 0.844. The van der Waals surface area contributed by atoms with Crippen LogP contribution in [0.4, 0.5) is 5.69 Å². The molecule has 0 spiro atoms. The number of amides is 2. The molecule has 12 nitrogen and oxygen atoms in total. The second-order valence-electron chi connectivity index (χ2n) is 8.16. The molecule has 0 aromatic carbocycles. The van der Waals surface area contributed by atoms with E-state index >= 15 is 0 Å². The SMILES string of the molecule is CCCc1nn(C)c(C(N)=O)c1C(=O)Nc1cc(S(=O)(=O)N2CCN(CC)CC2)cnc1OCC. The number of nitrogens with one attached hydrogen (secondary N) is 1. The highest BCUT2D eigenvalue weighted by Crippen LogP contribution is 2.28. The highest BCUT2D eigenvalue weighted by molar-refractivity contribution is 7.89. The van der Waals surface area contributed by atoms with Crippen LogP contribution in [0.25, 0.3) is 0 Å². The number of aryl methyl sites for hydroxylation is 2. The summed E-state index contributed by atoms with van der Waals surface area (Å²) in [5.74, 6) is -1.38. The van der Waals surface area contributed by atoms with Gasteiger partial charge in [-0.25, -0.2) is 13.4 Å². The number of rotatable bonds is 10. The fourth-order valence-electron chi connectivity index (χ4n) is 4.05. The monoisotopic (exact) mass is 507 g/mol. The van der Waals surface area contributed by atoms with Crippen LogP contribution in [-0.4, -0.2) is 83.5 Å². The first-order chi connectivity index (χ1) is 16.6. The van der Waals surface area contributed by atoms with Crippen molar-refractivity contribution < 1.29 is 22.7 Å². The number of primary amides is 1. The van der Waals surface area contributed by atoms with Crippen LogP contribution in [0.15, 0.2) is 17.2 Å². The number of piperazine rings is 1. The Hall–Kier alpha value is -3.03. The van der Waals surface area contributed by atoms with Crippen molar-refractivity contribution >= 4 is 27.5 Å². The van der Waals surface area contributed by atoms with Crippen molar-refractivity contribution in [3.05, 3.63) is 29.2 Å². The standard InChI is InChI=1S/C22H33N7O5S/c1-5-8-16-18(19(20(23)30)27(4)26-16)21(31)25-17-13-15(14-24-22(17)34-7-3)35(32,33)29-11-9-28(6-2)10-12-29/h13-14H,5-12H2,1-4H3,(H2,23,30)(H,25,31). The Bertz CT molecular complexity index is 1190. The minimum atomic E-state index is -3.84. The van der Waals surface area contributed by atoms with E-state index < -0.39 is 21.8 Å². The third-order valence-corrected chi connectivity index (χ3v) is 7.70. The lowest BCUT2D eigenvalue weighted by Crippen LogP contribution is -2.48. The molecular weight excluding hydrogens is 474 g/mol. The maximum atomic E-state index is 13.3. The number of hydrogen-bond donors (Lipinski definition) is 2. The Kier molecular flexibility index (Phi) is 8.46.